The molecular formula is C12H9NO3. The molecule has 0 spiro atoms. The molecule has 2 aromatic carbocycles. The third-order valence-electron chi connectivity index (χ3n) is 2.38. The van der Waals surface area contributed by atoms with Gasteiger partial charge < -0.3 is 20.3 Å². The van der Waals surface area contributed by atoms with Crippen molar-refractivity contribution in [3.8, 4) is 28.7 Å². The molecule has 0 bridgehead atoms. The van der Waals surface area contributed by atoms with Crippen molar-refractivity contribution in [3.63, 3.8) is 0 Å². The predicted molar refractivity (Wildman–Crippen MR) is 59.1 cm³/mol. The van der Waals surface area contributed by atoms with Crippen molar-refractivity contribution in [1.29, 1.82) is 0 Å². The van der Waals surface area contributed by atoms with Crippen LogP contribution in [0.25, 0.3) is 0 Å². The molecule has 16 heavy (non-hydrogen) atoms. The number of hydrogen-bond donors (Lipinski definition) is 2. The molecule has 0 radical (unpaired) electrons. The van der Waals surface area contributed by atoms with Crippen LogP contribution in [0.1, 0.15) is 0 Å². The number of hydrogen-bond acceptors (Lipinski definition) is 4. The summed E-state index contributed by atoms with van der Waals surface area (Å²) in [5.74, 6) is 2.22. The monoisotopic (exact) mass is 215 g/mol. The summed E-state index contributed by atoms with van der Waals surface area (Å²) in [6.45, 7) is 0. The molecule has 4 heteroatoms. The number of nitrogen functional groups attached to an aromatic ring is 1. The molecule has 0 amide bonds. The van der Waals surface area contributed by atoms with Gasteiger partial charge in [0.1, 0.15) is 5.75 Å². The summed E-state index contributed by atoms with van der Waals surface area (Å²) in [7, 11) is 0. The van der Waals surface area contributed by atoms with Crippen molar-refractivity contribution in [2.24, 2.45) is 0 Å². The van der Waals surface area contributed by atoms with Gasteiger partial charge in [0.2, 0.25) is 0 Å². The first-order valence-electron chi connectivity index (χ1n) is 4.81. The minimum Gasteiger partial charge on any atom is -0.506 e. The lowest BCUT2D eigenvalue weighted by molar-refractivity contribution is 0.356. The SMILES string of the molecule is Nc1cc2c(cc1O)Oc1ccccc1O2. The highest BCUT2D eigenvalue weighted by Gasteiger charge is 2.19. The quantitative estimate of drug-likeness (QED) is 0.447. The van der Waals surface area contributed by atoms with Crippen LogP contribution < -0.4 is 15.2 Å². The molecule has 1 aliphatic heterocycles. The molecule has 0 saturated carbocycles. The number of fused-ring (bicyclic) bond motifs is 2. The average Bonchev–Trinajstić information content (AvgIpc) is 2.28. The van der Waals surface area contributed by atoms with Gasteiger partial charge in [0.25, 0.3) is 0 Å². The van der Waals surface area contributed by atoms with Gasteiger partial charge in [-0.3, -0.25) is 0 Å². The number of phenols is 1. The molecule has 3 N–H and O–H groups in total. The van der Waals surface area contributed by atoms with E-state index in [1.54, 1.807) is 18.2 Å². The van der Waals surface area contributed by atoms with Gasteiger partial charge >= 0.3 is 0 Å². The number of anilines is 1. The van der Waals surface area contributed by atoms with Crippen LogP contribution in [0.2, 0.25) is 0 Å². The van der Waals surface area contributed by atoms with E-state index >= 15 is 0 Å². The van der Waals surface area contributed by atoms with Crippen LogP contribution in [-0.4, -0.2) is 5.11 Å². The second kappa shape index (κ2) is 3.06. The smallest absolute Gasteiger partial charge is 0.173 e. The highest BCUT2D eigenvalue weighted by atomic mass is 16.6. The maximum Gasteiger partial charge on any atom is 0.173 e. The topological polar surface area (TPSA) is 64.7 Å². The van der Waals surface area contributed by atoms with Gasteiger partial charge in [0.15, 0.2) is 23.0 Å². The Balaban J connectivity index is 2.12. The maximum atomic E-state index is 9.46. The first-order valence-corrected chi connectivity index (χ1v) is 4.81. The van der Waals surface area contributed by atoms with E-state index in [1.165, 1.54) is 6.07 Å². The molecule has 0 unspecified atom stereocenters. The van der Waals surface area contributed by atoms with Crippen LogP contribution in [-0.2, 0) is 0 Å². The molecular weight excluding hydrogens is 206 g/mol. The molecule has 4 nitrogen and oxygen atoms in total. The number of aromatic hydroxyl groups is 1. The Morgan fingerprint density at radius 3 is 2.06 bits per heavy atom. The van der Waals surface area contributed by atoms with Crippen molar-refractivity contribution in [3.05, 3.63) is 36.4 Å². The standard InChI is InChI=1S/C12H9NO3/c13-7-5-11-12(6-8(7)14)16-10-4-2-1-3-9(10)15-11/h1-6,14H,13H2. The minimum absolute atomic E-state index is 0.0123. The maximum absolute atomic E-state index is 9.46. The Kier molecular flexibility index (Phi) is 1.71. The fourth-order valence-electron chi connectivity index (χ4n) is 1.58. The van der Waals surface area contributed by atoms with E-state index in [4.69, 9.17) is 15.2 Å². The number of phenolic OH excluding ortho intramolecular Hbond substituents is 1. The lowest BCUT2D eigenvalue weighted by Gasteiger charge is -2.20. The van der Waals surface area contributed by atoms with E-state index in [0.717, 1.165) is 0 Å². The lowest BCUT2D eigenvalue weighted by Crippen LogP contribution is -1.99. The van der Waals surface area contributed by atoms with E-state index in [-0.39, 0.29) is 11.4 Å². The highest BCUT2D eigenvalue weighted by molar-refractivity contribution is 5.64. The van der Waals surface area contributed by atoms with Crippen LogP contribution in [0, 0.1) is 0 Å². The van der Waals surface area contributed by atoms with Crippen molar-refractivity contribution >= 4 is 5.69 Å². The fourth-order valence-corrected chi connectivity index (χ4v) is 1.58. The van der Waals surface area contributed by atoms with Gasteiger partial charge in [-0.2, -0.15) is 0 Å². The zero-order valence-corrected chi connectivity index (χ0v) is 8.31. The van der Waals surface area contributed by atoms with Crippen LogP contribution in [0.5, 0.6) is 28.7 Å². The van der Waals surface area contributed by atoms with Gasteiger partial charge in [0.05, 0.1) is 5.69 Å². The Morgan fingerprint density at radius 1 is 0.875 bits per heavy atom. The summed E-state index contributed by atoms with van der Waals surface area (Å²) < 4.78 is 11.2. The Labute approximate surface area is 91.8 Å². The first-order chi connectivity index (χ1) is 7.74. The summed E-state index contributed by atoms with van der Waals surface area (Å²) >= 11 is 0. The minimum atomic E-state index is -0.0123. The Bertz CT molecular complexity index is 516. The zero-order valence-electron chi connectivity index (χ0n) is 8.31. The van der Waals surface area contributed by atoms with Crippen LogP contribution in [0.3, 0.4) is 0 Å². The van der Waals surface area contributed by atoms with E-state index in [0.29, 0.717) is 23.0 Å². The summed E-state index contributed by atoms with van der Waals surface area (Å²) in [6.07, 6.45) is 0. The van der Waals surface area contributed by atoms with Crippen LogP contribution in [0.4, 0.5) is 5.69 Å². The second-order valence-corrected chi connectivity index (χ2v) is 3.51. The van der Waals surface area contributed by atoms with Crippen molar-refractivity contribution < 1.29 is 14.6 Å². The van der Waals surface area contributed by atoms with Crippen molar-refractivity contribution in [2.75, 3.05) is 5.73 Å². The first kappa shape index (κ1) is 8.91. The molecule has 0 saturated heterocycles. The third-order valence-corrected chi connectivity index (χ3v) is 2.38. The molecule has 0 aromatic heterocycles. The number of rotatable bonds is 0. The summed E-state index contributed by atoms with van der Waals surface area (Å²) in [4.78, 5) is 0. The molecule has 0 fully saturated rings. The highest BCUT2D eigenvalue weighted by Crippen LogP contribution is 2.47. The lowest BCUT2D eigenvalue weighted by atomic mass is 10.2. The summed E-state index contributed by atoms with van der Waals surface area (Å²) in [6, 6.07) is 10.3. The normalized spacial score (nSPS) is 12.0. The average molecular weight is 215 g/mol. The molecule has 1 aliphatic rings. The van der Waals surface area contributed by atoms with E-state index < -0.39 is 0 Å². The molecule has 0 atom stereocenters. The van der Waals surface area contributed by atoms with Gasteiger partial charge in [-0.25, -0.2) is 0 Å². The Hall–Kier alpha value is -2.36. The number of nitrogens with two attached hydrogens (primary N) is 1. The molecule has 0 aliphatic carbocycles. The van der Waals surface area contributed by atoms with Gasteiger partial charge in [-0.05, 0) is 12.1 Å². The second-order valence-electron chi connectivity index (χ2n) is 3.51. The predicted octanol–water partition coefficient (Wildman–Crippen LogP) is 2.87. The Morgan fingerprint density at radius 2 is 1.44 bits per heavy atom. The van der Waals surface area contributed by atoms with Crippen molar-refractivity contribution in [2.45, 2.75) is 0 Å². The third kappa shape index (κ3) is 1.24. The molecule has 1 heterocycles. The number of para-hydroxylation sites is 2. The van der Waals surface area contributed by atoms with Crippen LogP contribution in [0.15, 0.2) is 36.4 Å². The van der Waals surface area contributed by atoms with Gasteiger partial charge in [0, 0.05) is 12.1 Å². The molecule has 80 valence electrons. The molecule has 3 rings (SSSR count). The molecule has 2 aromatic rings. The van der Waals surface area contributed by atoms with Gasteiger partial charge in [-0.1, -0.05) is 12.1 Å². The number of ether oxygens (including phenoxy) is 2. The summed E-state index contributed by atoms with van der Waals surface area (Å²) in [5, 5.41) is 9.46. The van der Waals surface area contributed by atoms with Crippen molar-refractivity contribution in [1.82, 2.24) is 0 Å². The largest absolute Gasteiger partial charge is 0.506 e. The zero-order chi connectivity index (χ0) is 11.1. The fraction of sp³-hybridized carbons (Fsp3) is 0. The van der Waals surface area contributed by atoms with Gasteiger partial charge in [-0.15, -0.1) is 0 Å². The van der Waals surface area contributed by atoms with E-state index in [2.05, 4.69) is 0 Å². The van der Waals surface area contributed by atoms with E-state index in [1.807, 2.05) is 12.1 Å². The van der Waals surface area contributed by atoms with Crippen LogP contribution >= 0.6 is 0 Å². The number of benzene rings is 2. The van der Waals surface area contributed by atoms with E-state index in [9.17, 15) is 5.11 Å². The summed E-state index contributed by atoms with van der Waals surface area (Å²) in [5.41, 5.74) is 5.84.